The predicted molar refractivity (Wildman–Crippen MR) is 91.0 cm³/mol. The van der Waals surface area contributed by atoms with E-state index in [0.717, 1.165) is 29.8 Å². The van der Waals surface area contributed by atoms with Crippen molar-refractivity contribution in [2.75, 3.05) is 11.9 Å². The number of benzene rings is 1. The minimum atomic E-state index is 0.0222. The van der Waals surface area contributed by atoms with Crippen LogP contribution in [-0.4, -0.2) is 18.5 Å². The second-order valence-corrected chi connectivity index (χ2v) is 5.80. The largest absolute Gasteiger partial charge is 0.385 e. The molecule has 0 bridgehead atoms. The van der Waals surface area contributed by atoms with Crippen LogP contribution in [0, 0.1) is 6.92 Å². The number of carbonyl (C=O) groups excluding carboxylic acids is 1. The van der Waals surface area contributed by atoms with Crippen LogP contribution in [0.3, 0.4) is 0 Å². The summed E-state index contributed by atoms with van der Waals surface area (Å²) < 4.78 is 0. The van der Waals surface area contributed by atoms with Gasteiger partial charge in [-0.25, -0.2) is 0 Å². The molecular formula is C18H30N2O. The molecule has 3 heteroatoms. The Bertz CT molecular complexity index is 443. The second-order valence-electron chi connectivity index (χ2n) is 5.80. The van der Waals surface area contributed by atoms with Crippen molar-refractivity contribution < 1.29 is 4.79 Å². The number of hydrogen-bond acceptors (Lipinski definition) is 2. The Labute approximate surface area is 129 Å². The Morgan fingerprint density at radius 3 is 2.62 bits per heavy atom. The third kappa shape index (κ3) is 6.19. The molecule has 1 atom stereocenters. The van der Waals surface area contributed by atoms with E-state index in [9.17, 15) is 4.79 Å². The van der Waals surface area contributed by atoms with Crippen molar-refractivity contribution in [3.8, 4) is 0 Å². The molecule has 0 aliphatic carbocycles. The maximum Gasteiger partial charge on any atom is 0.253 e. The summed E-state index contributed by atoms with van der Waals surface area (Å²) in [5.41, 5.74) is 2.83. The lowest BCUT2D eigenvalue weighted by Crippen LogP contribution is -2.33. The van der Waals surface area contributed by atoms with Crippen LogP contribution in [0.25, 0.3) is 0 Å². The third-order valence-corrected chi connectivity index (χ3v) is 3.66. The van der Waals surface area contributed by atoms with Crippen LogP contribution >= 0.6 is 0 Å². The van der Waals surface area contributed by atoms with Crippen LogP contribution in [0.15, 0.2) is 18.2 Å². The normalized spacial score (nSPS) is 12.0. The maximum atomic E-state index is 12.4. The van der Waals surface area contributed by atoms with E-state index in [0.29, 0.717) is 0 Å². The fraction of sp³-hybridized carbons (Fsp3) is 0.611. The standard InChI is InChI=1S/C18H30N2O/c1-5-7-8-9-10-15(4)20-18(21)16-12-11-14(3)13-17(16)19-6-2/h11-13,15,19H,5-10H2,1-4H3,(H,20,21). The Hall–Kier alpha value is -1.51. The van der Waals surface area contributed by atoms with Crippen molar-refractivity contribution >= 4 is 11.6 Å². The smallest absolute Gasteiger partial charge is 0.253 e. The van der Waals surface area contributed by atoms with Gasteiger partial charge in [0.1, 0.15) is 0 Å². The zero-order valence-electron chi connectivity index (χ0n) is 14.0. The molecule has 0 heterocycles. The Morgan fingerprint density at radius 2 is 1.95 bits per heavy atom. The number of hydrogen-bond donors (Lipinski definition) is 2. The lowest BCUT2D eigenvalue weighted by molar-refractivity contribution is 0.0938. The van der Waals surface area contributed by atoms with Crippen LogP contribution in [0.1, 0.15) is 68.8 Å². The number of aryl methyl sites for hydroxylation is 1. The molecule has 0 radical (unpaired) electrons. The van der Waals surface area contributed by atoms with E-state index < -0.39 is 0 Å². The monoisotopic (exact) mass is 290 g/mol. The van der Waals surface area contributed by atoms with E-state index in [4.69, 9.17) is 0 Å². The van der Waals surface area contributed by atoms with Gasteiger partial charge in [-0.3, -0.25) is 4.79 Å². The zero-order chi connectivity index (χ0) is 15.7. The number of carbonyl (C=O) groups is 1. The molecule has 0 aliphatic heterocycles. The molecule has 0 saturated carbocycles. The molecule has 21 heavy (non-hydrogen) atoms. The van der Waals surface area contributed by atoms with Crippen LogP contribution in [0.5, 0.6) is 0 Å². The highest BCUT2D eigenvalue weighted by Crippen LogP contribution is 2.18. The molecule has 1 aromatic rings. The third-order valence-electron chi connectivity index (χ3n) is 3.66. The van der Waals surface area contributed by atoms with E-state index in [1.54, 1.807) is 0 Å². The number of nitrogens with one attached hydrogen (secondary N) is 2. The fourth-order valence-electron chi connectivity index (χ4n) is 2.44. The van der Waals surface area contributed by atoms with E-state index >= 15 is 0 Å². The summed E-state index contributed by atoms with van der Waals surface area (Å²) in [4.78, 5) is 12.4. The Kier molecular flexibility index (Phi) is 7.88. The SMILES string of the molecule is CCCCCCC(C)NC(=O)c1ccc(C)cc1NCC. The highest BCUT2D eigenvalue weighted by atomic mass is 16.1. The van der Waals surface area contributed by atoms with Gasteiger partial charge in [0.05, 0.1) is 5.56 Å². The minimum absolute atomic E-state index is 0.0222. The molecule has 2 N–H and O–H groups in total. The van der Waals surface area contributed by atoms with Gasteiger partial charge in [-0.1, -0.05) is 38.7 Å². The topological polar surface area (TPSA) is 41.1 Å². The van der Waals surface area contributed by atoms with Crippen molar-refractivity contribution in [1.82, 2.24) is 5.32 Å². The molecule has 118 valence electrons. The van der Waals surface area contributed by atoms with Crippen LogP contribution in [0.4, 0.5) is 5.69 Å². The molecule has 0 aromatic heterocycles. The minimum Gasteiger partial charge on any atom is -0.385 e. The Morgan fingerprint density at radius 1 is 1.19 bits per heavy atom. The van der Waals surface area contributed by atoms with Crippen LogP contribution < -0.4 is 10.6 Å². The summed E-state index contributed by atoms with van der Waals surface area (Å²) in [6.45, 7) is 9.20. The maximum absolute atomic E-state index is 12.4. The van der Waals surface area contributed by atoms with Gasteiger partial charge in [-0.15, -0.1) is 0 Å². The van der Waals surface area contributed by atoms with Gasteiger partial charge in [0, 0.05) is 18.3 Å². The summed E-state index contributed by atoms with van der Waals surface area (Å²) in [5, 5.41) is 6.38. The number of unbranched alkanes of at least 4 members (excludes halogenated alkanes) is 3. The first-order chi connectivity index (χ1) is 10.1. The van der Waals surface area contributed by atoms with Crippen molar-refractivity contribution in [2.24, 2.45) is 0 Å². The van der Waals surface area contributed by atoms with Gasteiger partial charge >= 0.3 is 0 Å². The second kappa shape index (κ2) is 9.43. The first-order valence-electron chi connectivity index (χ1n) is 8.23. The summed E-state index contributed by atoms with van der Waals surface area (Å²) in [5.74, 6) is 0.0222. The summed E-state index contributed by atoms with van der Waals surface area (Å²) in [7, 11) is 0. The molecule has 0 fully saturated rings. The van der Waals surface area contributed by atoms with Crippen molar-refractivity contribution in [1.29, 1.82) is 0 Å². The van der Waals surface area contributed by atoms with Crippen LogP contribution in [-0.2, 0) is 0 Å². The van der Waals surface area contributed by atoms with Gasteiger partial charge in [-0.2, -0.15) is 0 Å². The highest BCUT2D eigenvalue weighted by Gasteiger charge is 2.13. The summed E-state index contributed by atoms with van der Waals surface area (Å²) >= 11 is 0. The molecule has 1 unspecified atom stereocenters. The van der Waals surface area contributed by atoms with Crippen LogP contribution in [0.2, 0.25) is 0 Å². The quantitative estimate of drug-likeness (QED) is 0.657. The predicted octanol–water partition coefficient (Wildman–Crippen LogP) is 4.52. The van der Waals surface area contributed by atoms with E-state index in [1.807, 2.05) is 32.0 Å². The lowest BCUT2D eigenvalue weighted by atomic mass is 10.1. The van der Waals surface area contributed by atoms with Gasteiger partial charge in [0.2, 0.25) is 0 Å². The zero-order valence-corrected chi connectivity index (χ0v) is 14.0. The molecule has 3 nitrogen and oxygen atoms in total. The molecule has 1 rings (SSSR count). The average molecular weight is 290 g/mol. The first-order valence-corrected chi connectivity index (χ1v) is 8.23. The summed E-state index contributed by atoms with van der Waals surface area (Å²) in [6.07, 6.45) is 6.01. The summed E-state index contributed by atoms with van der Waals surface area (Å²) in [6, 6.07) is 6.16. The fourth-order valence-corrected chi connectivity index (χ4v) is 2.44. The van der Waals surface area contributed by atoms with E-state index in [2.05, 4.69) is 24.5 Å². The van der Waals surface area contributed by atoms with E-state index in [-0.39, 0.29) is 11.9 Å². The van der Waals surface area contributed by atoms with Gasteiger partial charge in [0.25, 0.3) is 5.91 Å². The Balaban J connectivity index is 2.58. The lowest BCUT2D eigenvalue weighted by Gasteiger charge is -2.16. The number of rotatable bonds is 9. The average Bonchev–Trinajstić information content (AvgIpc) is 2.44. The molecular weight excluding hydrogens is 260 g/mol. The van der Waals surface area contributed by atoms with Crippen molar-refractivity contribution in [3.63, 3.8) is 0 Å². The van der Waals surface area contributed by atoms with E-state index in [1.165, 1.54) is 25.7 Å². The number of anilines is 1. The number of amides is 1. The highest BCUT2D eigenvalue weighted by molar-refractivity contribution is 5.99. The first kappa shape index (κ1) is 17.5. The van der Waals surface area contributed by atoms with Gasteiger partial charge in [-0.05, 0) is 44.9 Å². The molecule has 0 spiro atoms. The molecule has 1 aromatic carbocycles. The van der Waals surface area contributed by atoms with Crippen molar-refractivity contribution in [2.45, 2.75) is 65.8 Å². The molecule has 0 saturated heterocycles. The molecule has 0 aliphatic rings. The molecule has 1 amide bonds. The van der Waals surface area contributed by atoms with Crippen molar-refractivity contribution in [3.05, 3.63) is 29.3 Å². The van der Waals surface area contributed by atoms with Gasteiger partial charge < -0.3 is 10.6 Å². The van der Waals surface area contributed by atoms with Gasteiger partial charge in [0.15, 0.2) is 0 Å².